The number of hydrogen-bond donors (Lipinski definition) is 1. The maximum absolute atomic E-state index is 3.83. The molecule has 0 aliphatic heterocycles. The lowest BCUT2D eigenvalue weighted by molar-refractivity contribution is 0.145. The Bertz CT molecular complexity index is 410. The summed E-state index contributed by atoms with van der Waals surface area (Å²) in [4.78, 5) is 0. The van der Waals surface area contributed by atoms with E-state index in [2.05, 4.69) is 73.2 Å². The molecule has 0 heterocycles. The molecule has 1 saturated carbocycles. The average Bonchev–Trinajstić information content (AvgIpc) is 2.26. The van der Waals surface area contributed by atoms with Crippen LogP contribution in [0.1, 0.15) is 58.6 Å². The Kier molecular flexibility index (Phi) is 4.73. The van der Waals surface area contributed by atoms with Crippen molar-refractivity contribution in [2.75, 3.05) is 0 Å². The second kappa shape index (κ2) is 5.97. The molecule has 2 heteroatoms. The molecule has 1 fully saturated rings. The fraction of sp³-hybridized carbons (Fsp3) is 0.647. The Hall–Kier alpha value is -0.340. The van der Waals surface area contributed by atoms with Gasteiger partial charge in [-0.3, -0.25) is 0 Å². The van der Waals surface area contributed by atoms with Gasteiger partial charge in [-0.2, -0.15) is 0 Å². The van der Waals surface area contributed by atoms with Crippen LogP contribution >= 0.6 is 15.9 Å². The van der Waals surface area contributed by atoms with Gasteiger partial charge in [-0.15, -0.1) is 0 Å². The third-order valence-corrected chi connectivity index (χ3v) is 4.77. The smallest absolute Gasteiger partial charge is 0.0294 e. The molecule has 0 bridgehead atoms. The highest BCUT2D eigenvalue weighted by atomic mass is 79.9. The summed E-state index contributed by atoms with van der Waals surface area (Å²) in [5.74, 6) is 0.832. The van der Waals surface area contributed by atoms with Crippen LogP contribution in [0.15, 0.2) is 28.7 Å². The molecule has 1 aromatic rings. The summed E-state index contributed by atoms with van der Waals surface area (Å²) >= 11 is 3.50. The fourth-order valence-corrected chi connectivity index (χ4v) is 3.94. The van der Waals surface area contributed by atoms with Crippen LogP contribution in [0.4, 0.5) is 0 Å². The molecule has 0 amide bonds. The van der Waals surface area contributed by atoms with E-state index in [-0.39, 0.29) is 0 Å². The first-order valence-corrected chi connectivity index (χ1v) is 8.16. The normalized spacial score (nSPS) is 28.1. The molecule has 19 heavy (non-hydrogen) atoms. The third kappa shape index (κ3) is 4.32. The van der Waals surface area contributed by atoms with Crippen LogP contribution in [0.25, 0.3) is 0 Å². The first kappa shape index (κ1) is 15.1. The van der Waals surface area contributed by atoms with E-state index in [9.17, 15) is 0 Å². The lowest BCUT2D eigenvalue weighted by atomic mass is 9.70. The zero-order valence-electron chi connectivity index (χ0n) is 12.5. The Morgan fingerprint density at radius 1 is 1.21 bits per heavy atom. The molecule has 106 valence electrons. The van der Waals surface area contributed by atoms with Crippen LogP contribution in [0, 0.1) is 11.3 Å². The molecule has 3 unspecified atom stereocenters. The molecule has 3 atom stereocenters. The van der Waals surface area contributed by atoms with Gasteiger partial charge in [0.2, 0.25) is 0 Å². The number of nitrogens with one attached hydrogen (secondary N) is 1. The van der Waals surface area contributed by atoms with Crippen molar-refractivity contribution >= 4 is 15.9 Å². The molecule has 0 aromatic heterocycles. The fourth-order valence-electron chi connectivity index (χ4n) is 3.67. The molecule has 0 saturated heterocycles. The topological polar surface area (TPSA) is 12.0 Å². The van der Waals surface area contributed by atoms with Gasteiger partial charge in [0.15, 0.2) is 0 Å². The number of hydrogen-bond acceptors (Lipinski definition) is 1. The highest BCUT2D eigenvalue weighted by Gasteiger charge is 2.32. The highest BCUT2D eigenvalue weighted by molar-refractivity contribution is 9.10. The van der Waals surface area contributed by atoms with Crippen LogP contribution in [-0.2, 0) is 0 Å². The van der Waals surface area contributed by atoms with E-state index in [1.807, 2.05) is 0 Å². The molecule has 0 radical (unpaired) electrons. The van der Waals surface area contributed by atoms with Crippen molar-refractivity contribution in [1.82, 2.24) is 5.32 Å². The maximum Gasteiger partial charge on any atom is 0.0294 e. The summed E-state index contributed by atoms with van der Waals surface area (Å²) in [5.41, 5.74) is 1.86. The van der Waals surface area contributed by atoms with E-state index < -0.39 is 0 Å². The van der Waals surface area contributed by atoms with Gasteiger partial charge in [-0.05, 0) is 55.2 Å². The number of rotatable bonds is 3. The summed E-state index contributed by atoms with van der Waals surface area (Å²) in [6.07, 6.45) is 3.96. The van der Waals surface area contributed by atoms with Gasteiger partial charge in [0.05, 0.1) is 0 Å². The van der Waals surface area contributed by atoms with Crippen LogP contribution < -0.4 is 5.32 Å². The zero-order valence-corrected chi connectivity index (χ0v) is 14.1. The van der Waals surface area contributed by atoms with Crippen molar-refractivity contribution in [1.29, 1.82) is 0 Å². The quantitative estimate of drug-likeness (QED) is 0.794. The van der Waals surface area contributed by atoms with Gasteiger partial charge >= 0.3 is 0 Å². The summed E-state index contributed by atoms with van der Waals surface area (Å²) in [6.45, 7) is 9.47. The van der Waals surface area contributed by atoms with E-state index in [0.29, 0.717) is 17.5 Å². The Balaban J connectivity index is 1.98. The van der Waals surface area contributed by atoms with E-state index >= 15 is 0 Å². The predicted octanol–water partition coefficient (Wildman–Crippen LogP) is 5.31. The minimum atomic E-state index is 0.430. The monoisotopic (exact) mass is 323 g/mol. The summed E-state index contributed by atoms with van der Waals surface area (Å²) in [5, 5.41) is 3.83. The maximum atomic E-state index is 3.83. The third-order valence-electron chi connectivity index (χ3n) is 4.24. The van der Waals surface area contributed by atoms with Gasteiger partial charge in [0.1, 0.15) is 0 Å². The van der Waals surface area contributed by atoms with Crippen LogP contribution in [0.3, 0.4) is 0 Å². The second-order valence-corrected chi connectivity index (χ2v) is 7.97. The summed E-state index contributed by atoms with van der Waals surface area (Å²) in [7, 11) is 0. The SMILES string of the molecule is CC1CC(NC(C)c2ccc(Br)cc2)CC(C)(C)C1. The van der Waals surface area contributed by atoms with E-state index in [0.717, 1.165) is 10.4 Å². The largest absolute Gasteiger partial charge is 0.307 e. The van der Waals surface area contributed by atoms with E-state index in [1.54, 1.807) is 0 Å². The second-order valence-electron chi connectivity index (χ2n) is 7.05. The van der Waals surface area contributed by atoms with Crippen molar-refractivity contribution < 1.29 is 0 Å². The van der Waals surface area contributed by atoms with Crippen molar-refractivity contribution in [3.63, 3.8) is 0 Å². The first-order chi connectivity index (χ1) is 8.85. The molecule has 1 nitrogen and oxygen atoms in total. The number of benzene rings is 1. The van der Waals surface area contributed by atoms with Gasteiger partial charge in [0.25, 0.3) is 0 Å². The van der Waals surface area contributed by atoms with Crippen molar-refractivity contribution in [2.24, 2.45) is 11.3 Å². The lowest BCUT2D eigenvalue weighted by Crippen LogP contribution is -2.41. The van der Waals surface area contributed by atoms with Gasteiger partial charge in [-0.1, -0.05) is 48.8 Å². The number of halogens is 1. The van der Waals surface area contributed by atoms with Crippen molar-refractivity contribution in [3.8, 4) is 0 Å². The standard InChI is InChI=1S/C17H26BrN/c1-12-9-16(11-17(3,4)10-12)19-13(2)14-5-7-15(18)8-6-14/h5-8,12-13,16,19H,9-11H2,1-4H3. The van der Waals surface area contributed by atoms with Gasteiger partial charge in [0, 0.05) is 16.6 Å². The molecule has 1 N–H and O–H groups in total. The minimum absolute atomic E-state index is 0.430. The zero-order chi connectivity index (χ0) is 14.0. The van der Waals surface area contributed by atoms with Crippen LogP contribution in [0.5, 0.6) is 0 Å². The lowest BCUT2D eigenvalue weighted by Gasteiger charge is -2.40. The summed E-state index contributed by atoms with van der Waals surface area (Å²) in [6, 6.07) is 9.75. The molecular weight excluding hydrogens is 298 g/mol. The van der Waals surface area contributed by atoms with E-state index in [4.69, 9.17) is 0 Å². The first-order valence-electron chi connectivity index (χ1n) is 7.37. The summed E-state index contributed by atoms with van der Waals surface area (Å²) < 4.78 is 1.15. The minimum Gasteiger partial charge on any atom is -0.307 e. The van der Waals surface area contributed by atoms with Crippen molar-refractivity contribution in [2.45, 2.75) is 59.0 Å². The van der Waals surface area contributed by atoms with Gasteiger partial charge < -0.3 is 5.32 Å². The molecule has 1 aliphatic rings. The van der Waals surface area contributed by atoms with Crippen LogP contribution in [0.2, 0.25) is 0 Å². The Morgan fingerprint density at radius 2 is 1.84 bits per heavy atom. The average molecular weight is 324 g/mol. The highest BCUT2D eigenvalue weighted by Crippen LogP contribution is 2.39. The van der Waals surface area contributed by atoms with Gasteiger partial charge in [-0.25, -0.2) is 0 Å². The van der Waals surface area contributed by atoms with Crippen molar-refractivity contribution in [3.05, 3.63) is 34.3 Å². The molecule has 0 spiro atoms. The Morgan fingerprint density at radius 3 is 2.42 bits per heavy atom. The Labute approximate surface area is 126 Å². The predicted molar refractivity (Wildman–Crippen MR) is 86.3 cm³/mol. The molecule has 1 aliphatic carbocycles. The molecule has 1 aromatic carbocycles. The molecular formula is C17H26BrN. The molecule has 2 rings (SSSR count). The van der Waals surface area contributed by atoms with Crippen LogP contribution in [-0.4, -0.2) is 6.04 Å². The van der Waals surface area contributed by atoms with E-state index in [1.165, 1.54) is 24.8 Å².